The summed E-state index contributed by atoms with van der Waals surface area (Å²) < 4.78 is 12.1. The van der Waals surface area contributed by atoms with Gasteiger partial charge in [-0.3, -0.25) is 0 Å². The smallest absolute Gasteiger partial charge is 0.398 e. The molecule has 1 fully saturated rings. The molecule has 0 amide bonds. The molecule has 1 saturated heterocycles. The number of anilines is 1. The standard InChI is InChI=1S/C12H21BN2O2S/c1-8-9(14-10(18-8)15(6)7)13-16-11(2,3)12(4,5)17-13/h1-7H3. The molecule has 6 heteroatoms. The van der Waals surface area contributed by atoms with E-state index >= 15 is 0 Å². The van der Waals surface area contributed by atoms with E-state index < -0.39 is 0 Å². The van der Waals surface area contributed by atoms with Crippen LogP contribution in [-0.4, -0.2) is 37.4 Å². The van der Waals surface area contributed by atoms with Gasteiger partial charge in [0, 0.05) is 19.0 Å². The number of thiazole rings is 1. The molecule has 0 bridgehead atoms. The molecule has 2 heterocycles. The molecule has 2 rings (SSSR count). The number of hydrogen-bond donors (Lipinski definition) is 0. The van der Waals surface area contributed by atoms with Gasteiger partial charge in [0.15, 0.2) is 5.13 Å². The highest BCUT2D eigenvalue weighted by atomic mass is 32.1. The molecule has 0 radical (unpaired) electrons. The van der Waals surface area contributed by atoms with Crippen molar-refractivity contribution < 1.29 is 9.31 Å². The van der Waals surface area contributed by atoms with Gasteiger partial charge >= 0.3 is 7.12 Å². The van der Waals surface area contributed by atoms with Gasteiger partial charge in [-0.15, -0.1) is 11.3 Å². The summed E-state index contributed by atoms with van der Waals surface area (Å²) in [5.41, 5.74) is 0.278. The second-order valence-electron chi connectivity index (χ2n) is 5.92. The highest BCUT2D eigenvalue weighted by molar-refractivity contribution is 7.16. The molecule has 100 valence electrons. The molecule has 0 N–H and O–H groups in total. The lowest BCUT2D eigenvalue weighted by atomic mass is 9.84. The Morgan fingerprint density at radius 2 is 1.61 bits per heavy atom. The second kappa shape index (κ2) is 4.22. The Hall–Kier alpha value is -0.585. The molecule has 0 unspecified atom stereocenters. The lowest BCUT2D eigenvalue weighted by Crippen LogP contribution is -2.41. The number of aryl methyl sites for hydroxylation is 1. The molecule has 1 aromatic rings. The van der Waals surface area contributed by atoms with Gasteiger partial charge in [0.1, 0.15) is 0 Å². The zero-order valence-corrected chi connectivity index (χ0v) is 13.0. The minimum Gasteiger partial charge on any atom is -0.398 e. The van der Waals surface area contributed by atoms with E-state index in [0.717, 1.165) is 15.6 Å². The van der Waals surface area contributed by atoms with Crippen LogP contribution in [0.3, 0.4) is 0 Å². The van der Waals surface area contributed by atoms with E-state index in [1.807, 2.05) is 19.0 Å². The first-order valence-corrected chi connectivity index (χ1v) is 6.96. The highest BCUT2D eigenvalue weighted by Crippen LogP contribution is 2.37. The van der Waals surface area contributed by atoms with Crippen LogP contribution in [0, 0.1) is 6.92 Å². The van der Waals surface area contributed by atoms with Gasteiger partial charge in [-0.2, -0.15) is 0 Å². The van der Waals surface area contributed by atoms with Crippen LogP contribution < -0.4 is 10.5 Å². The summed E-state index contributed by atoms with van der Waals surface area (Å²) in [7, 11) is 3.62. The SMILES string of the molecule is Cc1sc(N(C)C)nc1B1OC(C)(C)C(C)(C)O1. The number of hydrogen-bond acceptors (Lipinski definition) is 5. The summed E-state index contributed by atoms with van der Waals surface area (Å²) in [6, 6.07) is 0. The quantitative estimate of drug-likeness (QED) is 0.766. The average molecular weight is 268 g/mol. The second-order valence-corrected chi connectivity index (χ2v) is 7.10. The van der Waals surface area contributed by atoms with Crippen molar-refractivity contribution in [3.05, 3.63) is 4.88 Å². The first kappa shape index (κ1) is 13.8. The number of aromatic nitrogens is 1. The Kier molecular flexibility index (Phi) is 3.24. The molecule has 1 aliphatic rings. The third kappa shape index (κ3) is 2.17. The highest BCUT2D eigenvalue weighted by Gasteiger charge is 2.53. The van der Waals surface area contributed by atoms with Crippen LogP contribution in [0.2, 0.25) is 0 Å². The Labute approximate surface area is 113 Å². The van der Waals surface area contributed by atoms with Gasteiger partial charge in [0.25, 0.3) is 0 Å². The Bertz CT molecular complexity index is 441. The van der Waals surface area contributed by atoms with Gasteiger partial charge in [-0.1, -0.05) is 0 Å². The van der Waals surface area contributed by atoms with Gasteiger partial charge in [-0.25, -0.2) is 4.98 Å². The maximum absolute atomic E-state index is 6.03. The van der Waals surface area contributed by atoms with Gasteiger partial charge in [0.2, 0.25) is 0 Å². The van der Waals surface area contributed by atoms with Crippen LogP contribution in [0.1, 0.15) is 32.6 Å². The minimum absolute atomic E-state index is 0.313. The summed E-state index contributed by atoms with van der Waals surface area (Å²) in [6.07, 6.45) is 0. The van der Waals surface area contributed by atoms with Crippen LogP contribution in [-0.2, 0) is 9.31 Å². The Balaban J connectivity index is 2.30. The fraction of sp³-hybridized carbons (Fsp3) is 0.750. The van der Waals surface area contributed by atoms with Crippen molar-refractivity contribution in [3.8, 4) is 0 Å². The molecule has 0 atom stereocenters. The first-order valence-electron chi connectivity index (χ1n) is 6.14. The Morgan fingerprint density at radius 3 is 2.00 bits per heavy atom. The van der Waals surface area contributed by atoms with Gasteiger partial charge in [0.05, 0.1) is 16.8 Å². The summed E-state index contributed by atoms with van der Waals surface area (Å²) >= 11 is 1.66. The zero-order chi connectivity index (χ0) is 13.7. The van der Waals surface area contributed by atoms with E-state index in [4.69, 9.17) is 9.31 Å². The predicted octanol–water partition coefficient (Wildman–Crippen LogP) is 1.82. The van der Waals surface area contributed by atoms with Gasteiger partial charge < -0.3 is 14.2 Å². The molecule has 0 aliphatic carbocycles. The maximum atomic E-state index is 6.03. The van der Waals surface area contributed by atoms with Crippen LogP contribution in [0.15, 0.2) is 0 Å². The normalized spacial score (nSPS) is 21.4. The van der Waals surface area contributed by atoms with Crippen LogP contribution in [0.25, 0.3) is 0 Å². The summed E-state index contributed by atoms with van der Waals surface area (Å²) in [6.45, 7) is 10.3. The fourth-order valence-electron chi connectivity index (χ4n) is 1.76. The number of rotatable bonds is 2. The molecule has 0 spiro atoms. The van der Waals surface area contributed by atoms with E-state index in [2.05, 4.69) is 39.6 Å². The van der Waals surface area contributed by atoms with Crippen molar-refractivity contribution in [2.24, 2.45) is 0 Å². The molecule has 1 aromatic heterocycles. The van der Waals surface area contributed by atoms with Crippen molar-refractivity contribution in [1.82, 2.24) is 4.98 Å². The van der Waals surface area contributed by atoms with Crippen LogP contribution >= 0.6 is 11.3 Å². The van der Waals surface area contributed by atoms with Gasteiger partial charge in [-0.05, 0) is 34.6 Å². The fourth-order valence-corrected chi connectivity index (χ4v) is 2.61. The zero-order valence-electron chi connectivity index (χ0n) is 12.2. The summed E-state index contributed by atoms with van der Waals surface area (Å²) in [4.78, 5) is 7.77. The summed E-state index contributed by atoms with van der Waals surface area (Å²) in [5, 5.41) is 0.984. The molecular weight excluding hydrogens is 247 g/mol. The third-order valence-corrected chi connectivity index (χ3v) is 4.83. The van der Waals surface area contributed by atoms with Crippen molar-refractivity contribution in [1.29, 1.82) is 0 Å². The van der Waals surface area contributed by atoms with Crippen molar-refractivity contribution in [3.63, 3.8) is 0 Å². The Morgan fingerprint density at radius 1 is 1.11 bits per heavy atom. The minimum atomic E-state index is -0.361. The lowest BCUT2D eigenvalue weighted by Gasteiger charge is -2.32. The third-order valence-electron chi connectivity index (χ3n) is 3.68. The largest absolute Gasteiger partial charge is 0.515 e. The van der Waals surface area contributed by atoms with E-state index in [1.54, 1.807) is 11.3 Å². The molecule has 1 aliphatic heterocycles. The van der Waals surface area contributed by atoms with Crippen molar-refractivity contribution in [2.75, 3.05) is 19.0 Å². The average Bonchev–Trinajstić information content (AvgIpc) is 2.66. The summed E-state index contributed by atoms with van der Waals surface area (Å²) in [5.74, 6) is 0. The van der Waals surface area contributed by atoms with Crippen LogP contribution in [0.5, 0.6) is 0 Å². The molecule has 18 heavy (non-hydrogen) atoms. The molecule has 4 nitrogen and oxygen atoms in total. The molecular formula is C12H21BN2O2S. The predicted molar refractivity (Wildman–Crippen MR) is 76.9 cm³/mol. The molecule has 0 saturated carbocycles. The van der Waals surface area contributed by atoms with Crippen molar-refractivity contribution >= 4 is 29.2 Å². The van der Waals surface area contributed by atoms with E-state index in [-0.39, 0.29) is 18.3 Å². The molecule has 0 aromatic carbocycles. The van der Waals surface area contributed by atoms with E-state index in [9.17, 15) is 0 Å². The van der Waals surface area contributed by atoms with Crippen molar-refractivity contribution in [2.45, 2.75) is 45.8 Å². The number of nitrogens with zero attached hydrogens (tertiary/aromatic N) is 2. The maximum Gasteiger partial charge on any atom is 0.515 e. The van der Waals surface area contributed by atoms with E-state index in [1.165, 1.54) is 0 Å². The topological polar surface area (TPSA) is 34.6 Å². The first-order chi connectivity index (χ1) is 8.14. The van der Waals surface area contributed by atoms with Crippen LogP contribution in [0.4, 0.5) is 5.13 Å². The monoisotopic (exact) mass is 268 g/mol. The van der Waals surface area contributed by atoms with E-state index in [0.29, 0.717) is 0 Å². The lowest BCUT2D eigenvalue weighted by molar-refractivity contribution is 0.00578.